The van der Waals surface area contributed by atoms with Gasteiger partial charge >= 0.3 is 17.9 Å². The summed E-state index contributed by atoms with van der Waals surface area (Å²) in [7, 11) is 0. The van der Waals surface area contributed by atoms with Crippen molar-refractivity contribution in [3.63, 3.8) is 0 Å². The van der Waals surface area contributed by atoms with Gasteiger partial charge in [0.25, 0.3) is 0 Å². The average molecular weight is 538 g/mol. The maximum Gasteiger partial charge on any atom is 0.345 e. The molecule has 1 heterocycles. The van der Waals surface area contributed by atoms with Crippen LogP contribution in [0.1, 0.15) is 34.3 Å². The molecule has 3 atom stereocenters. The van der Waals surface area contributed by atoms with Crippen LogP contribution in [0.25, 0.3) is 6.08 Å². The first kappa shape index (κ1) is 26.7. The van der Waals surface area contributed by atoms with Gasteiger partial charge in [0.05, 0.1) is 0 Å². The van der Waals surface area contributed by atoms with Crippen molar-refractivity contribution in [3.05, 3.63) is 76.9 Å². The zero-order valence-electron chi connectivity index (χ0n) is 19.9. The zero-order valence-corrected chi connectivity index (χ0v) is 19.9. The Kier molecular flexibility index (Phi) is 7.20. The third kappa shape index (κ3) is 5.49. The maximum absolute atomic E-state index is 12.5. The number of carboxylic acid groups (broad SMARTS) is 2. The van der Waals surface area contributed by atoms with Crippen LogP contribution in [0.15, 0.2) is 54.6 Å². The molecule has 0 bridgehead atoms. The van der Waals surface area contributed by atoms with Crippen molar-refractivity contribution in [1.29, 1.82) is 0 Å². The van der Waals surface area contributed by atoms with E-state index in [4.69, 9.17) is 9.47 Å². The van der Waals surface area contributed by atoms with Crippen LogP contribution < -0.4 is 4.74 Å². The highest BCUT2D eigenvalue weighted by atomic mass is 16.6. The molecular weight excluding hydrogens is 516 g/mol. The standard InChI is InChI=1S/C27H22O12/c28-15-5-1-12(9-18(15)31)10-20(26(34)35)38-21(33)8-4-13-2-7-17(30)25-22(13)23(27(36)37)24(39-25)14-3-6-16(29)19(32)11-14/h1-9,11,20,23-24,28-32H,10H2,(H,34,35)(H,36,37)/b8-4+/t20-,23+,24-/m0/s1. The summed E-state index contributed by atoms with van der Waals surface area (Å²) in [5.41, 5.74) is 0.664. The lowest BCUT2D eigenvalue weighted by Crippen LogP contribution is -2.28. The summed E-state index contributed by atoms with van der Waals surface area (Å²) in [5, 5.41) is 68.2. The first-order valence-corrected chi connectivity index (χ1v) is 11.4. The van der Waals surface area contributed by atoms with E-state index in [0.29, 0.717) is 0 Å². The Labute approximate surface area is 219 Å². The molecular formula is C27H22O12. The molecule has 4 rings (SSSR count). The Morgan fingerprint density at radius 3 is 2.10 bits per heavy atom. The molecule has 3 aromatic rings. The van der Waals surface area contributed by atoms with Crippen molar-refractivity contribution in [2.24, 2.45) is 0 Å². The van der Waals surface area contributed by atoms with E-state index in [1.807, 2.05) is 0 Å². The SMILES string of the molecule is O=C(/C=C/c1ccc(O)c2c1[C@@H](C(=O)O)[C@H](c1ccc(O)c(O)c1)O2)O[C@@H](Cc1ccc(O)c(O)c1)C(=O)O. The fourth-order valence-corrected chi connectivity index (χ4v) is 4.20. The predicted molar refractivity (Wildman–Crippen MR) is 132 cm³/mol. The minimum Gasteiger partial charge on any atom is -0.504 e. The fraction of sp³-hybridized carbons (Fsp3) is 0.148. The van der Waals surface area contributed by atoms with Crippen LogP contribution in [0.2, 0.25) is 0 Å². The van der Waals surface area contributed by atoms with Crippen molar-refractivity contribution in [3.8, 4) is 34.5 Å². The Bertz CT molecular complexity index is 1490. The van der Waals surface area contributed by atoms with E-state index in [-0.39, 0.29) is 40.2 Å². The number of rotatable bonds is 8. The van der Waals surface area contributed by atoms with Crippen LogP contribution in [0.4, 0.5) is 0 Å². The molecule has 0 saturated carbocycles. The quantitative estimate of drug-likeness (QED) is 0.125. The Hall–Kier alpha value is -5.39. The summed E-state index contributed by atoms with van der Waals surface area (Å²) in [6.45, 7) is 0. The highest BCUT2D eigenvalue weighted by Crippen LogP contribution is 2.52. The second-order valence-electron chi connectivity index (χ2n) is 8.64. The predicted octanol–water partition coefficient (Wildman–Crippen LogP) is 2.77. The average Bonchev–Trinajstić information content (AvgIpc) is 3.29. The van der Waals surface area contributed by atoms with Crippen LogP contribution in [-0.2, 0) is 25.5 Å². The Morgan fingerprint density at radius 1 is 0.846 bits per heavy atom. The van der Waals surface area contributed by atoms with Gasteiger partial charge in [-0.2, -0.15) is 0 Å². The number of hydrogen-bond acceptors (Lipinski definition) is 10. The minimum absolute atomic E-state index is 0.0264. The van der Waals surface area contributed by atoms with Gasteiger partial charge in [0, 0.05) is 18.1 Å². The first-order valence-electron chi connectivity index (χ1n) is 11.4. The molecule has 0 aromatic heterocycles. The Balaban J connectivity index is 1.59. The molecule has 1 aliphatic rings. The van der Waals surface area contributed by atoms with Gasteiger partial charge < -0.3 is 45.2 Å². The van der Waals surface area contributed by atoms with Crippen LogP contribution in [0.3, 0.4) is 0 Å². The van der Waals surface area contributed by atoms with E-state index < -0.39 is 59.0 Å². The number of aromatic hydroxyl groups is 5. The lowest BCUT2D eigenvalue weighted by Gasteiger charge is -2.17. The number of esters is 1. The van der Waals surface area contributed by atoms with Gasteiger partial charge in [-0.3, -0.25) is 4.79 Å². The number of carboxylic acids is 2. The number of carbonyl (C=O) groups is 3. The maximum atomic E-state index is 12.5. The molecule has 7 N–H and O–H groups in total. The monoisotopic (exact) mass is 538 g/mol. The summed E-state index contributed by atoms with van der Waals surface area (Å²) in [4.78, 5) is 36.4. The molecule has 3 aromatic carbocycles. The number of fused-ring (bicyclic) bond motifs is 1. The number of aliphatic carboxylic acids is 2. The number of carbonyl (C=O) groups excluding carboxylic acids is 1. The molecule has 0 spiro atoms. The van der Waals surface area contributed by atoms with Gasteiger partial charge in [0.15, 0.2) is 34.5 Å². The van der Waals surface area contributed by atoms with E-state index in [2.05, 4.69) is 0 Å². The normalized spacial score (nSPS) is 16.8. The molecule has 202 valence electrons. The molecule has 0 unspecified atom stereocenters. The van der Waals surface area contributed by atoms with Gasteiger partial charge in [-0.15, -0.1) is 0 Å². The molecule has 0 aliphatic carbocycles. The van der Waals surface area contributed by atoms with E-state index >= 15 is 0 Å². The van der Waals surface area contributed by atoms with Gasteiger partial charge in [-0.25, -0.2) is 9.59 Å². The summed E-state index contributed by atoms with van der Waals surface area (Å²) in [5.74, 6) is -7.59. The number of phenolic OH excluding ortho intramolecular Hbond substituents is 5. The number of benzene rings is 3. The lowest BCUT2D eigenvalue weighted by atomic mass is 9.88. The Morgan fingerprint density at radius 2 is 1.49 bits per heavy atom. The molecule has 12 nitrogen and oxygen atoms in total. The third-order valence-electron chi connectivity index (χ3n) is 6.06. The highest BCUT2D eigenvalue weighted by Gasteiger charge is 2.43. The number of hydrogen-bond donors (Lipinski definition) is 7. The molecule has 0 saturated heterocycles. The first-order chi connectivity index (χ1) is 18.5. The molecule has 0 fully saturated rings. The molecule has 39 heavy (non-hydrogen) atoms. The molecule has 0 amide bonds. The summed E-state index contributed by atoms with van der Waals surface area (Å²) >= 11 is 0. The largest absolute Gasteiger partial charge is 0.504 e. The van der Waals surface area contributed by atoms with Crippen LogP contribution >= 0.6 is 0 Å². The molecule has 1 aliphatic heterocycles. The second-order valence-corrected chi connectivity index (χ2v) is 8.64. The van der Waals surface area contributed by atoms with Gasteiger partial charge in [-0.1, -0.05) is 18.2 Å². The van der Waals surface area contributed by atoms with Crippen LogP contribution in [0, 0.1) is 0 Å². The van der Waals surface area contributed by atoms with Gasteiger partial charge in [0.1, 0.15) is 12.0 Å². The smallest absolute Gasteiger partial charge is 0.345 e. The van der Waals surface area contributed by atoms with Crippen molar-refractivity contribution in [2.45, 2.75) is 24.5 Å². The fourth-order valence-electron chi connectivity index (χ4n) is 4.20. The number of phenols is 5. The second kappa shape index (κ2) is 10.5. The third-order valence-corrected chi connectivity index (χ3v) is 6.06. The molecule has 12 heteroatoms. The number of ether oxygens (including phenoxy) is 2. The lowest BCUT2D eigenvalue weighted by molar-refractivity contribution is -0.160. The molecule has 0 radical (unpaired) electrons. The van der Waals surface area contributed by atoms with E-state index in [0.717, 1.165) is 30.3 Å². The van der Waals surface area contributed by atoms with E-state index in [9.17, 15) is 50.1 Å². The van der Waals surface area contributed by atoms with Crippen molar-refractivity contribution in [1.82, 2.24) is 0 Å². The van der Waals surface area contributed by atoms with E-state index in [1.165, 1.54) is 30.3 Å². The van der Waals surface area contributed by atoms with Crippen LogP contribution in [0.5, 0.6) is 34.5 Å². The highest BCUT2D eigenvalue weighted by molar-refractivity contribution is 5.91. The van der Waals surface area contributed by atoms with Crippen molar-refractivity contribution < 1.29 is 59.6 Å². The van der Waals surface area contributed by atoms with E-state index in [1.54, 1.807) is 0 Å². The van der Waals surface area contributed by atoms with Gasteiger partial charge in [-0.05, 0) is 53.1 Å². The van der Waals surface area contributed by atoms with Gasteiger partial charge in [0.2, 0.25) is 6.10 Å². The summed E-state index contributed by atoms with van der Waals surface area (Å²) in [6.07, 6.45) is -1.09. The summed E-state index contributed by atoms with van der Waals surface area (Å²) < 4.78 is 10.8. The summed E-state index contributed by atoms with van der Waals surface area (Å²) in [6, 6.07) is 9.83. The minimum atomic E-state index is -1.64. The van der Waals surface area contributed by atoms with Crippen molar-refractivity contribution >= 4 is 24.0 Å². The van der Waals surface area contributed by atoms with Crippen molar-refractivity contribution in [2.75, 3.05) is 0 Å². The topological polar surface area (TPSA) is 211 Å². The zero-order chi connectivity index (χ0) is 28.4. The van der Waals surface area contributed by atoms with Crippen LogP contribution in [-0.4, -0.2) is 59.8 Å².